The first-order chi connectivity index (χ1) is 14.9. The van der Waals surface area contributed by atoms with Crippen LogP contribution >= 0.6 is 23.4 Å². The second-order valence-electron chi connectivity index (χ2n) is 7.05. The van der Waals surface area contributed by atoms with Gasteiger partial charge in [0.2, 0.25) is 17.7 Å². The van der Waals surface area contributed by atoms with E-state index >= 15 is 0 Å². The highest BCUT2D eigenvalue weighted by Crippen LogP contribution is 2.20. The summed E-state index contributed by atoms with van der Waals surface area (Å²) in [5.74, 6) is -0.236. The molecule has 0 saturated carbocycles. The van der Waals surface area contributed by atoms with E-state index in [1.54, 1.807) is 17.0 Å². The average Bonchev–Trinajstić information content (AvgIpc) is 2.77. The van der Waals surface area contributed by atoms with E-state index in [0.29, 0.717) is 42.5 Å². The molecule has 0 aliphatic carbocycles. The van der Waals surface area contributed by atoms with Crippen molar-refractivity contribution in [1.82, 2.24) is 9.88 Å². The number of rotatable bonds is 7. The summed E-state index contributed by atoms with van der Waals surface area (Å²) in [7, 11) is 0. The SMILES string of the molecule is O=C(CSCC(=O)N1CCC(C(=O)Nc2ccc(Cl)cn2)CC1)Nc1ccc(F)cc1. The van der Waals surface area contributed by atoms with E-state index < -0.39 is 0 Å². The molecule has 1 aromatic heterocycles. The maximum atomic E-state index is 12.9. The molecule has 0 spiro atoms. The largest absolute Gasteiger partial charge is 0.342 e. The summed E-state index contributed by atoms with van der Waals surface area (Å²) >= 11 is 7.01. The number of likely N-dealkylation sites (tertiary alicyclic amines) is 1. The van der Waals surface area contributed by atoms with Gasteiger partial charge in [-0.05, 0) is 49.2 Å². The molecule has 164 valence electrons. The minimum atomic E-state index is -0.374. The first kappa shape index (κ1) is 23.0. The summed E-state index contributed by atoms with van der Waals surface area (Å²) in [5, 5.41) is 5.92. The molecule has 0 bridgehead atoms. The van der Waals surface area contributed by atoms with Crippen LogP contribution in [0.25, 0.3) is 0 Å². The lowest BCUT2D eigenvalue weighted by atomic mass is 9.96. The number of hydrogen-bond acceptors (Lipinski definition) is 5. The highest BCUT2D eigenvalue weighted by molar-refractivity contribution is 8.00. The summed E-state index contributed by atoms with van der Waals surface area (Å²) < 4.78 is 12.9. The molecule has 3 amide bonds. The Bertz CT molecular complexity index is 919. The Labute approximate surface area is 188 Å². The molecule has 1 fully saturated rings. The number of amides is 3. The van der Waals surface area contributed by atoms with Crippen molar-refractivity contribution in [3.63, 3.8) is 0 Å². The highest BCUT2D eigenvalue weighted by Gasteiger charge is 2.27. The van der Waals surface area contributed by atoms with Gasteiger partial charge in [0.05, 0.1) is 16.5 Å². The number of halogens is 2. The van der Waals surface area contributed by atoms with Gasteiger partial charge < -0.3 is 15.5 Å². The number of thioether (sulfide) groups is 1. The maximum absolute atomic E-state index is 12.9. The van der Waals surface area contributed by atoms with Crippen molar-refractivity contribution in [3.8, 4) is 0 Å². The predicted molar refractivity (Wildman–Crippen MR) is 120 cm³/mol. The molecular formula is C21H22ClFN4O3S. The summed E-state index contributed by atoms with van der Waals surface area (Å²) in [6, 6.07) is 8.79. The Morgan fingerprint density at radius 3 is 2.42 bits per heavy atom. The lowest BCUT2D eigenvalue weighted by Crippen LogP contribution is -2.42. The topological polar surface area (TPSA) is 91.4 Å². The summed E-state index contributed by atoms with van der Waals surface area (Å²) in [6.07, 6.45) is 2.61. The monoisotopic (exact) mass is 464 g/mol. The third kappa shape index (κ3) is 7.22. The third-order valence-corrected chi connectivity index (χ3v) is 5.92. The Hall–Kier alpha value is -2.65. The van der Waals surface area contributed by atoms with Crippen LogP contribution in [0.5, 0.6) is 0 Å². The number of hydrogen-bond donors (Lipinski definition) is 2. The van der Waals surface area contributed by atoms with Gasteiger partial charge in [-0.3, -0.25) is 14.4 Å². The highest BCUT2D eigenvalue weighted by atomic mass is 35.5. The molecule has 2 aromatic rings. The molecule has 2 heterocycles. The molecule has 1 aromatic carbocycles. The second-order valence-corrected chi connectivity index (χ2v) is 8.48. The molecule has 7 nitrogen and oxygen atoms in total. The quantitative estimate of drug-likeness (QED) is 0.655. The van der Waals surface area contributed by atoms with E-state index in [1.807, 2.05) is 0 Å². The van der Waals surface area contributed by atoms with Crippen LogP contribution in [0.1, 0.15) is 12.8 Å². The van der Waals surface area contributed by atoms with Crippen molar-refractivity contribution < 1.29 is 18.8 Å². The standard InChI is InChI=1S/C21H22ClFN4O3S/c22-15-1-6-18(24-11-15)26-21(30)14-7-9-27(10-8-14)20(29)13-31-12-19(28)25-17-4-2-16(23)3-5-17/h1-6,11,14H,7-10,12-13H2,(H,25,28)(H,24,26,30). The smallest absolute Gasteiger partial charge is 0.234 e. The van der Waals surface area contributed by atoms with Gasteiger partial charge in [-0.25, -0.2) is 9.37 Å². The molecule has 3 rings (SSSR count). The van der Waals surface area contributed by atoms with Crippen molar-refractivity contribution in [2.24, 2.45) is 5.92 Å². The fourth-order valence-electron chi connectivity index (χ4n) is 3.12. The molecule has 0 radical (unpaired) electrons. The van der Waals surface area contributed by atoms with Crippen molar-refractivity contribution in [2.75, 3.05) is 35.2 Å². The van der Waals surface area contributed by atoms with Crippen molar-refractivity contribution in [3.05, 3.63) is 53.4 Å². The number of nitrogens with one attached hydrogen (secondary N) is 2. The minimum absolute atomic E-state index is 0.0576. The fraction of sp³-hybridized carbons (Fsp3) is 0.333. The van der Waals surface area contributed by atoms with Crippen LogP contribution in [-0.4, -0.2) is 52.2 Å². The molecule has 1 saturated heterocycles. The number of carbonyl (C=O) groups is 3. The normalized spacial score (nSPS) is 14.2. The van der Waals surface area contributed by atoms with Crippen LogP contribution in [0, 0.1) is 11.7 Å². The zero-order valence-electron chi connectivity index (χ0n) is 16.6. The average molecular weight is 465 g/mol. The van der Waals surface area contributed by atoms with Crippen LogP contribution in [0.2, 0.25) is 5.02 Å². The van der Waals surface area contributed by atoms with E-state index in [2.05, 4.69) is 15.6 Å². The molecule has 0 unspecified atom stereocenters. The van der Waals surface area contributed by atoms with E-state index in [4.69, 9.17) is 11.6 Å². The van der Waals surface area contributed by atoms with Crippen molar-refractivity contribution >= 4 is 52.6 Å². The van der Waals surface area contributed by atoms with Crippen LogP contribution in [0.15, 0.2) is 42.6 Å². The zero-order valence-corrected chi connectivity index (χ0v) is 18.2. The molecule has 2 N–H and O–H groups in total. The molecule has 1 aliphatic heterocycles. The number of piperidine rings is 1. The van der Waals surface area contributed by atoms with Crippen molar-refractivity contribution in [2.45, 2.75) is 12.8 Å². The van der Waals surface area contributed by atoms with Gasteiger partial charge in [0.15, 0.2) is 0 Å². The maximum Gasteiger partial charge on any atom is 0.234 e. The second kappa shape index (κ2) is 11.1. The first-order valence-corrected chi connectivity index (χ1v) is 11.3. The van der Waals surface area contributed by atoms with Crippen LogP contribution in [0.3, 0.4) is 0 Å². The van der Waals surface area contributed by atoms with Gasteiger partial charge in [0.1, 0.15) is 11.6 Å². The van der Waals surface area contributed by atoms with Crippen LogP contribution in [0.4, 0.5) is 15.9 Å². The van der Waals surface area contributed by atoms with E-state index in [-0.39, 0.29) is 41.0 Å². The lowest BCUT2D eigenvalue weighted by molar-refractivity contribution is -0.132. The van der Waals surface area contributed by atoms with Crippen LogP contribution in [-0.2, 0) is 14.4 Å². The number of pyridine rings is 1. The van der Waals surface area contributed by atoms with E-state index in [9.17, 15) is 18.8 Å². The molecule has 31 heavy (non-hydrogen) atoms. The van der Waals surface area contributed by atoms with Crippen molar-refractivity contribution in [1.29, 1.82) is 0 Å². The van der Waals surface area contributed by atoms with Gasteiger partial charge in [-0.1, -0.05) is 11.6 Å². The molecule has 0 atom stereocenters. The zero-order chi connectivity index (χ0) is 22.2. The minimum Gasteiger partial charge on any atom is -0.342 e. The van der Waals surface area contributed by atoms with Crippen LogP contribution < -0.4 is 10.6 Å². The Morgan fingerprint density at radius 1 is 1.06 bits per heavy atom. The molecule has 10 heteroatoms. The van der Waals surface area contributed by atoms with E-state index in [0.717, 1.165) is 0 Å². The molecule has 1 aliphatic rings. The number of carbonyl (C=O) groups excluding carboxylic acids is 3. The summed E-state index contributed by atoms with van der Waals surface area (Å²) in [6.45, 7) is 0.987. The summed E-state index contributed by atoms with van der Waals surface area (Å²) in [4.78, 5) is 42.5. The summed E-state index contributed by atoms with van der Waals surface area (Å²) in [5.41, 5.74) is 0.507. The number of benzene rings is 1. The lowest BCUT2D eigenvalue weighted by Gasteiger charge is -2.31. The van der Waals surface area contributed by atoms with Gasteiger partial charge in [0, 0.05) is 30.9 Å². The number of nitrogens with zero attached hydrogens (tertiary/aromatic N) is 2. The Balaban J connectivity index is 1.35. The van der Waals surface area contributed by atoms with Gasteiger partial charge >= 0.3 is 0 Å². The van der Waals surface area contributed by atoms with E-state index in [1.165, 1.54) is 42.2 Å². The Kier molecular flexibility index (Phi) is 8.25. The van der Waals surface area contributed by atoms with Gasteiger partial charge in [0.25, 0.3) is 0 Å². The number of anilines is 2. The first-order valence-electron chi connectivity index (χ1n) is 9.74. The molecular weight excluding hydrogens is 443 g/mol. The van der Waals surface area contributed by atoms with Gasteiger partial charge in [-0.15, -0.1) is 11.8 Å². The third-order valence-electron chi connectivity index (χ3n) is 4.78. The fourth-order valence-corrected chi connectivity index (χ4v) is 3.95. The number of aromatic nitrogens is 1. The Morgan fingerprint density at radius 2 is 1.77 bits per heavy atom. The predicted octanol–water partition coefficient (Wildman–Crippen LogP) is 3.42. The van der Waals surface area contributed by atoms with Gasteiger partial charge in [-0.2, -0.15) is 0 Å².